The van der Waals surface area contributed by atoms with Crippen molar-refractivity contribution in [3.05, 3.63) is 46.1 Å². The van der Waals surface area contributed by atoms with E-state index in [4.69, 9.17) is 0 Å². The van der Waals surface area contributed by atoms with Crippen molar-refractivity contribution in [3.63, 3.8) is 0 Å². The molecule has 21 heavy (non-hydrogen) atoms. The Morgan fingerprint density at radius 3 is 2.67 bits per heavy atom. The van der Waals surface area contributed by atoms with E-state index in [0.717, 1.165) is 25.9 Å². The summed E-state index contributed by atoms with van der Waals surface area (Å²) in [5.74, 6) is -0.553. The molecular weight excluding hydrogens is 271 g/mol. The molecule has 0 aliphatic carbocycles. The number of hydrogen-bond donors (Lipinski definition) is 0. The highest BCUT2D eigenvalue weighted by molar-refractivity contribution is 5.97. The molecule has 4 nitrogen and oxygen atoms in total. The highest BCUT2D eigenvalue weighted by Crippen LogP contribution is 2.18. The van der Waals surface area contributed by atoms with Gasteiger partial charge in [0, 0.05) is 19.6 Å². The van der Waals surface area contributed by atoms with E-state index in [0.29, 0.717) is 23.0 Å². The van der Waals surface area contributed by atoms with Gasteiger partial charge in [0.05, 0.1) is 5.39 Å². The van der Waals surface area contributed by atoms with Crippen LogP contribution in [0, 0.1) is 5.82 Å². The molecule has 0 radical (unpaired) electrons. The van der Waals surface area contributed by atoms with Gasteiger partial charge >= 0.3 is 0 Å². The molecule has 3 rings (SSSR count). The van der Waals surface area contributed by atoms with Gasteiger partial charge in [-0.15, -0.1) is 0 Å². The minimum absolute atomic E-state index is 0.113. The summed E-state index contributed by atoms with van der Waals surface area (Å²) in [7, 11) is 0. The van der Waals surface area contributed by atoms with Crippen LogP contribution >= 0.6 is 0 Å². The molecule has 1 aromatic heterocycles. The second kappa shape index (κ2) is 5.31. The molecule has 0 saturated carbocycles. The molecule has 1 fully saturated rings. The van der Waals surface area contributed by atoms with E-state index in [-0.39, 0.29) is 11.5 Å². The fourth-order valence-electron chi connectivity index (χ4n) is 2.62. The second-order valence-corrected chi connectivity index (χ2v) is 5.36. The number of halogens is 1. The third-order valence-corrected chi connectivity index (χ3v) is 3.88. The van der Waals surface area contributed by atoms with E-state index in [1.807, 2.05) is 6.92 Å². The van der Waals surface area contributed by atoms with Gasteiger partial charge in [-0.3, -0.25) is 9.59 Å². The molecule has 1 aliphatic heterocycles. The number of carbonyl (C=O) groups excluding carboxylic acids is 1. The van der Waals surface area contributed by atoms with Gasteiger partial charge in [0.15, 0.2) is 0 Å². The molecule has 0 unspecified atom stereocenters. The lowest BCUT2D eigenvalue weighted by atomic mass is 10.1. The first-order valence-electron chi connectivity index (χ1n) is 7.24. The second-order valence-electron chi connectivity index (χ2n) is 5.36. The Bertz CT molecular complexity index is 763. The SMILES string of the molecule is CCCn1c(C(=O)N2CCC2)cc2ccc(F)cc2c1=O. The average Bonchev–Trinajstić information content (AvgIpc) is 2.40. The maximum Gasteiger partial charge on any atom is 0.270 e. The van der Waals surface area contributed by atoms with Gasteiger partial charge in [0.2, 0.25) is 0 Å². The van der Waals surface area contributed by atoms with Crippen molar-refractivity contribution in [2.45, 2.75) is 26.3 Å². The molecular formula is C16H17FN2O2. The summed E-state index contributed by atoms with van der Waals surface area (Å²) in [5, 5.41) is 0.932. The van der Waals surface area contributed by atoms with E-state index in [9.17, 15) is 14.0 Å². The van der Waals surface area contributed by atoms with Gasteiger partial charge < -0.3 is 9.47 Å². The number of rotatable bonds is 3. The highest BCUT2D eigenvalue weighted by atomic mass is 19.1. The minimum atomic E-state index is -0.440. The average molecular weight is 288 g/mol. The Morgan fingerprint density at radius 2 is 2.05 bits per heavy atom. The molecule has 0 bridgehead atoms. The molecule has 1 aliphatic rings. The third-order valence-electron chi connectivity index (χ3n) is 3.88. The number of pyridine rings is 1. The summed E-state index contributed by atoms with van der Waals surface area (Å²) < 4.78 is 14.8. The van der Waals surface area contributed by atoms with Crippen molar-refractivity contribution < 1.29 is 9.18 Å². The zero-order chi connectivity index (χ0) is 15.0. The van der Waals surface area contributed by atoms with E-state index in [2.05, 4.69) is 0 Å². The number of amides is 1. The number of likely N-dealkylation sites (tertiary alicyclic amines) is 1. The van der Waals surface area contributed by atoms with Crippen molar-refractivity contribution >= 4 is 16.7 Å². The summed E-state index contributed by atoms with van der Waals surface area (Å²) >= 11 is 0. The van der Waals surface area contributed by atoms with E-state index in [1.165, 1.54) is 16.7 Å². The quantitative estimate of drug-likeness (QED) is 0.870. The maximum absolute atomic E-state index is 13.4. The van der Waals surface area contributed by atoms with Crippen LogP contribution in [0.25, 0.3) is 10.8 Å². The third kappa shape index (κ3) is 2.33. The van der Waals surface area contributed by atoms with Gasteiger partial charge in [-0.25, -0.2) is 4.39 Å². The standard InChI is InChI=1S/C16H17FN2O2/c1-2-6-19-14(16(21)18-7-3-8-18)9-11-4-5-12(17)10-13(11)15(19)20/h4-5,9-10H,2-3,6-8H2,1H3. The number of nitrogens with zero attached hydrogens (tertiary/aromatic N) is 2. The number of hydrogen-bond acceptors (Lipinski definition) is 2. The Hall–Kier alpha value is -2.17. The Morgan fingerprint density at radius 1 is 1.29 bits per heavy atom. The predicted octanol–water partition coefficient (Wildman–Crippen LogP) is 2.40. The van der Waals surface area contributed by atoms with Crippen LogP contribution < -0.4 is 5.56 Å². The fraction of sp³-hybridized carbons (Fsp3) is 0.375. The number of aromatic nitrogens is 1. The number of benzene rings is 1. The summed E-state index contributed by atoms with van der Waals surface area (Å²) in [6.07, 6.45) is 1.74. The summed E-state index contributed by atoms with van der Waals surface area (Å²) in [5.41, 5.74) is 0.110. The van der Waals surface area contributed by atoms with Crippen LogP contribution in [0.1, 0.15) is 30.3 Å². The highest BCUT2D eigenvalue weighted by Gasteiger charge is 2.25. The lowest BCUT2D eigenvalue weighted by molar-refractivity contribution is 0.0639. The van der Waals surface area contributed by atoms with Crippen molar-refractivity contribution in [2.75, 3.05) is 13.1 Å². The lowest BCUT2D eigenvalue weighted by Gasteiger charge is -2.31. The first-order chi connectivity index (χ1) is 10.1. The monoisotopic (exact) mass is 288 g/mol. The van der Waals surface area contributed by atoms with Crippen molar-refractivity contribution in [3.8, 4) is 0 Å². The minimum Gasteiger partial charge on any atom is -0.337 e. The van der Waals surface area contributed by atoms with Gasteiger partial charge in [-0.05, 0) is 36.4 Å². The molecule has 2 aromatic rings. The maximum atomic E-state index is 13.4. The van der Waals surface area contributed by atoms with Gasteiger partial charge in [-0.1, -0.05) is 13.0 Å². The zero-order valence-corrected chi connectivity index (χ0v) is 11.9. The Kier molecular flexibility index (Phi) is 3.49. The van der Waals surface area contributed by atoms with Crippen LogP contribution in [-0.2, 0) is 6.54 Å². The Balaban J connectivity index is 2.21. The van der Waals surface area contributed by atoms with Crippen molar-refractivity contribution in [2.24, 2.45) is 0 Å². The molecule has 2 heterocycles. The summed E-state index contributed by atoms with van der Waals surface area (Å²) in [4.78, 5) is 26.8. The molecule has 1 saturated heterocycles. The van der Waals surface area contributed by atoms with Gasteiger partial charge in [0.1, 0.15) is 11.5 Å². The van der Waals surface area contributed by atoms with Crippen LogP contribution in [0.3, 0.4) is 0 Å². The topological polar surface area (TPSA) is 42.3 Å². The first-order valence-corrected chi connectivity index (χ1v) is 7.24. The smallest absolute Gasteiger partial charge is 0.270 e. The number of carbonyl (C=O) groups is 1. The van der Waals surface area contributed by atoms with Crippen molar-refractivity contribution in [1.29, 1.82) is 0 Å². The molecule has 0 N–H and O–H groups in total. The van der Waals surface area contributed by atoms with Crippen LogP contribution in [0.15, 0.2) is 29.1 Å². The zero-order valence-electron chi connectivity index (χ0n) is 11.9. The molecule has 110 valence electrons. The molecule has 1 aromatic carbocycles. The Labute approximate surface area is 121 Å². The summed E-state index contributed by atoms with van der Waals surface area (Å²) in [6, 6.07) is 5.80. The van der Waals surface area contributed by atoms with Crippen LogP contribution in [0.5, 0.6) is 0 Å². The van der Waals surface area contributed by atoms with Crippen LogP contribution in [0.4, 0.5) is 4.39 Å². The van der Waals surface area contributed by atoms with Gasteiger partial charge in [0.25, 0.3) is 11.5 Å². The van der Waals surface area contributed by atoms with E-state index in [1.54, 1.807) is 17.0 Å². The largest absolute Gasteiger partial charge is 0.337 e. The normalized spacial score (nSPS) is 14.3. The van der Waals surface area contributed by atoms with Gasteiger partial charge in [-0.2, -0.15) is 0 Å². The lowest BCUT2D eigenvalue weighted by Crippen LogP contribution is -2.44. The molecule has 5 heteroatoms. The molecule has 0 spiro atoms. The summed E-state index contributed by atoms with van der Waals surface area (Å²) in [6.45, 7) is 3.88. The molecule has 0 atom stereocenters. The fourth-order valence-corrected chi connectivity index (χ4v) is 2.62. The predicted molar refractivity (Wildman–Crippen MR) is 79.0 cm³/mol. The number of fused-ring (bicyclic) bond motifs is 1. The van der Waals surface area contributed by atoms with Crippen LogP contribution in [-0.4, -0.2) is 28.5 Å². The first kappa shape index (κ1) is 13.8. The van der Waals surface area contributed by atoms with Crippen molar-refractivity contribution in [1.82, 2.24) is 9.47 Å². The van der Waals surface area contributed by atoms with Crippen LogP contribution in [0.2, 0.25) is 0 Å². The van der Waals surface area contributed by atoms with E-state index >= 15 is 0 Å². The molecule has 1 amide bonds. The van der Waals surface area contributed by atoms with E-state index < -0.39 is 5.82 Å².